The van der Waals surface area contributed by atoms with E-state index in [4.69, 9.17) is 9.26 Å². The standard InChI is InChI=1S/C25H30N6O3S/c1-3-4-11-21(24(32)27-22-13-16(2)34-30-22)35-25-29-28-23(31(25)15-17-8-7-12-33-17)19-14-26-20-10-6-5-9-18(19)20/h5-6,9-10,13-14,17,21,26H,3-4,7-8,11-12,15H2,1-2H3,(H,27,30,32). The Hall–Kier alpha value is -3.11. The second-order valence-electron chi connectivity index (χ2n) is 8.86. The lowest BCUT2D eigenvalue weighted by atomic mass is 10.1. The van der Waals surface area contributed by atoms with Gasteiger partial charge in [0.25, 0.3) is 0 Å². The number of unbranched alkanes of at least 4 members (excludes halogenated alkanes) is 1. The van der Waals surface area contributed by atoms with Gasteiger partial charge in [-0.1, -0.05) is 54.9 Å². The highest BCUT2D eigenvalue weighted by Gasteiger charge is 2.27. The van der Waals surface area contributed by atoms with Crippen LogP contribution >= 0.6 is 11.8 Å². The first-order chi connectivity index (χ1) is 17.1. The lowest BCUT2D eigenvalue weighted by Crippen LogP contribution is -2.26. The van der Waals surface area contributed by atoms with Gasteiger partial charge in [-0.15, -0.1) is 10.2 Å². The van der Waals surface area contributed by atoms with E-state index < -0.39 is 0 Å². The van der Waals surface area contributed by atoms with Crippen molar-refractivity contribution in [1.29, 1.82) is 0 Å². The minimum atomic E-state index is -0.338. The van der Waals surface area contributed by atoms with Crippen molar-refractivity contribution in [2.24, 2.45) is 0 Å². The van der Waals surface area contributed by atoms with Crippen LogP contribution < -0.4 is 5.32 Å². The molecule has 5 rings (SSSR count). The van der Waals surface area contributed by atoms with Gasteiger partial charge in [-0.2, -0.15) is 0 Å². The van der Waals surface area contributed by atoms with Crippen LogP contribution in [0.3, 0.4) is 0 Å². The summed E-state index contributed by atoms with van der Waals surface area (Å²) in [6, 6.07) is 9.87. The summed E-state index contributed by atoms with van der Waals surface area (Å²) in [7, 11) is 0. The molecule has 184 valence electrons. The van der Waals surface area contributed by atoms with Crippen molar-refractivity contribution >= 4 is 34.4 Å². The Morgan fingerprint density at radius 1 is 1.34 bits per heavy atom. The maximum Gasteiger partial charge on any atom is 0.239 e. The summed E-state index contributed by atoms with van der Waals surface area (Å²) in [6.07, 6.45) is 6.78. The summed E-state index contributed by atoms with van der Waals surface area (Å²) >= 11 is 1.45. The molecule has 1 aliphatic heterocycles. The number of fused-ring (bicyclic) bond motifs is 1. The first-order valence-corrected chi connectivity index (χ1v) is 13.0. The van der Waals surface area contributed by atoms with E-state index in [1.807, 2.05) is 24.4 Å². The van der Waals surface area contributed by atoms with Gasteiger partial charge in [0.1, 0.15) is 5.76 Å². The molecule has 1 amide bonds. The molecule has 2 unspecified atom stereocenters. The van der Waals surface area contributed by atoms with Crippen molar-refractivity contribution in [3.05, 3.63) is 42.3 Å². The van der Waals surface area contributed by atoms with E-state index >= 15 is 0 Å². The summed E-state index contributed by atoms with van der Waals surface area (Å²) in [5, 5.41) is 17.4. The minimum Gasteiger partial charge on any atom is -0.376 e. The summed E-state index contributed by atoms with van der Waals surface area (Å²) in [4.78, 5) is 16.5. The fourth-order valence-electron chi connectivity index (χ4n) is 4.38. The maximum absolute atomic E-state index is 13.2. The van der Waals surface area contributed by atoms with Crippen LogP contribution in [-0.2, 0) is 16.1 Å². The highest BCUT2D eigenvalue weighted by atomic mass is 32.2. The zero-order valence-electron chi connectivity index (χ0n) is 20.0. The molecule has 35 heavy (non-hydrogen) atoms. The van der Waals surface area contributed by atoms with Gasteiger partial charge in [0, 0.05) is 35.3 Å². The van der Waals surface area contributed by atoms with E-state index in [-0.39, 0.29) is 17.3 Å². The largest absolute Gasteiger partial charge is 0.376 e. The number of hydrogen-bond donors (Lipinski definition) is 2. The molecule has 2 N–H and O–H groups in total. The number of aromatic nitrogens is 5. The molecule has 0 bridgehead atoms. The van der Waals surface area contributed by atoms with Gasteiger partial charge in [-0.3, -0.25) is 9.36 Å². The smallest absolute Gasteiger partial charge is 0.239 e. The average molecular weight is 495 g/mol. The van der Waals surface area contributed by atoms with Crippen LogP contribution in [0.4, 0.5) is 5.82 Å². The number of carbonyl (C=O) groups is 1. The van der Waals surface area contributed by atoms with Gasteiger partial charge in [0.15, 0.2) is 16.8 Å². The Morgan fingerprint density at radius 3 is 3.00 bits per heavy atom. The molecule has 2 atom stereocenters. The Morgan fingerprint density at radius 2 is 2.23 bits per heavy atom. The average Bonchev–Trinajstić information content (AvgIpc) is 3.65. The fraction of sp³-hybridized carbons (Fsp3) is 0.440. The van der Waals surface area contributed by atoms with Crippen molar-refractivity contribution < 1.29 is 14.1 Å². The number of amides is 1. The summed E-state index contributed by atoms with van der Waals surface area (Å²) in [6.45, 7) is 5.34. The summed E-state index contributed by atoms with van der Waals surface area (Å²) in [5.41, 5.74) is 2.04. The number of hydrogen-bond acceptors (Lipinski definition) is 7. The molecule has 10 heteroatoms. The Kier molecular flexibility index (Phi) is 7.19. The molecular formula is C25H30N6O3S. The Bertz CT molecular complexity index is 1290. The number of ether oxygens (including phenoxy) is 1. The molecule has 0 radical (unpaired) electrons. The highest BCUT2D eigenvalue weighted by molar-refractivity contribution is 8.00. The summed E-state index contributed by atoms with van der Waals surface area (Å²) < 4.78 is 13.2. The number of carbonyl (C=O) groups excluding carboxylic acids is 1. The van der Waals surface area contributed by atoms with E-state index in [1.165, 1.54) is 11.8 Å². The van der Waals surface area contributed by atoms with E-state index in [0.717, 1.165) is 61.0 Å². The van der Waals surface area contributed by atoms with Gasteiger partial charge >= 0.3 is 0 Å². The Labute approximate surface area is 208 Å². The van der Waals surface area contributed by atoms with Crippen molar-refractivity contribution in [3.63, 3.8) is 0 Å². The number of benzene rings is 1. The monoisotopic (exact) mass is 494 g/mol. The van der Waals surface area contributed by atoms with Crippen LogP contribution in [0.1, 0.15) is 44.8 Å². The lowest BCUT2D eigenvalue weighted by Gasteiger charge is -2.18. The number of para-hydroxylation sites is 1. The number of nitrogens with zero attached hydrogens (tertiary/aromatic N) is 4. The van der Waals surface area contributed by atoms with Gasteiger partial charge in [-0.05, 0) is 32.3 Å². The Balaban J connectivity index is 1.46. The van der Waals surface area contributed by atoms with Crippen LogP contribution in [-0.4, -0.2) is 48.8 Å². The number of rotatable bonds is 10. The number of aryl methyl sites for hydroxylation is 1. The molecule has 4 aromatic rings. The van der Waals surface area contributed by atoms with Crippen LogP contribution in [0.15, 0.2) is 46.2 Å². The highest BCUT2D eigenvalue weighted by Crippen LogP contribution is 2.34. The predicted octanol–water partition coefficient (Wildman–Crippen LogP) is 5.19. The van der Waals surface area contributed by atoms with Crippen LogP contribution in [0.2, 0.25) is 0 Å². The van der Waals surface area contributed by atoms with Crippen LogP contribution in [0.5, 0.6) is 0 Å². The molecule has 1 aromatic carbocycles. The first kappa shape index (κ1) is 23.6. The zero-order valence-corrected chi connectivity index (χ0v) is 20.8. The molecule has 1 aliphatic rings. The number of aromatic amines is 1. The van der Waals surface area contributed by atoms with Crippen molar-refractivity contribution in [2.75, 3.05) is 11.9 Å². The normalized spacial score (nSPS) is 16.7. The van der Waals surface area contributed by atoms with Gasteiger partial charge < -0.3 is 19.6 Å². The molecule has 0 aliphatic carbocycles. The second-order valence-corrected chi connectivity index (χ2v) is 10.0. The number of H-pyrrole nitrogens is 1. The number of thioether (sulfide) groups is 1. The molecule has 1 fully saturated rings. The van der Waals surface area contributed by atoms with E-state index in [1.54, 1.807) is 13.0 Å². The molecule has 0 saturated carbocycles. The van der Waals surface area contributed by atoms with Gasteiger partial charge in [0.2, 0.25) is 5.91 Å². The van der Waals surface area contributed by atoms with E-state index in [0.29, 0.717) is 23.3 Å². The molecule has 3 aromatic heterocycles. The van der Waals surface area contributed by atoms with E-state index in [2.05, 4.69) is 43.2 Å². The third kappa shape index (κ3) is 5.28. The molecule has 0 spiro atoms. The molecular weight excluding hydrogens is 464 g/mol. The lowest BCUT2D eigenvalue weighted by molar-refractivity contribution is -0.115. The second kappa shape index (κ2) is 10.7. The zero-order chi connectivity index (χ0) is 24.2. The topological polar surface area (TPSA) is 111 Å². The molecule has 9 nitrogen and oxygen atoms in total. The fourth-order valence-corrected chi connectivity index (χ4v) is 5.46. The van der Waals surface area contributed by atoms with Crippen molar-refractivity contribution in [1.82, 2.24) is 24.9 Å². The van der Waals surface area contributed by atoms with Crippen LogP contribution in [0, 0.1) is 6.92 Å². The molecule has 1 saturated heterocycles. The van der Waals surface area contributed by atoms with Gasteiger partial charge in [0.05, 0.1) is 17.9 Å². The van der Waals surface area contributed by atoms with E-state index in [9.17, 15) is 4.79 Å². The van der Waals surface area contributed by atoms with Crippen LogP contribution in [0.25, 0.3) is 22.3 Å². The quantitative estimate of drug-likeness (QED) is 0.292. The number of anilines is 1. The maximum atomic E-state index is 13.2. The minimum absolute atomic E-state index is 0.107. The third-order valence-electron chi connectivity index (χ3n) is 6.20. The SMILES string of the molecule is CCCCC(Sc1nnc(-c2c[nH]c3ccccc23)n1CC1CCCO1)C(=O)Nc1cc(C)on1. The van der Waals surface area contributed by atoms with Gasteiger partial charge in [-0.25, -0.2) is 0 Å². The third-order valence-corrected chi connectivity index (χ3v) is 7.44. The summed E-state index contributed by atoms with van der Waals surface area (Å²) in [5.74, 6) is 1.74. The first-order valence-electron chi connectivity index (χ1n) is 12.1. The number of nitrogens with one attached hydrogen (secondary N) is 2. The van der Waals surface area contributed by atoms with Crippen molar-refractivity contribution in [2.45, 2.75) is 69.0 Å². The predicted molar refractivity (Wildman–Crippen MR) is 135 cm³/mol. The van der Waals surface area contributed by atoms with Crippen molar-refractivity contribution in [3.8, 4) is 11.4 Å². The molecule has 4 heterocycles.